The number of carbonyl (C=O) groups excluding carboxylic acids is 1. The predicted molar refractivity (Wildman–Crippen MR) is 112 cm³/mol. The highest BCUT2D eigenvalue weighted by molar-refractivity contribution is 7.94. The van der Waals surface area contributed by atoms with Crippen LogP contribution in [0.4, 0.5) is 16.2 Å². The fourth-order valence-electron chi connectivity index (χ4n) is 3.42. The molecule has 3 aromatic carbocycles. The van der Waals surface area contributed by atoms with E-state index in [1.165, 1.54) is 11.0 Å². The van der Waals surface area contributed by atoms with Crippen molar-refractivity contribution >= 4 is 27.4 Å². The summed E-state index contributed by atoms with van der Waals surface area (Å²) in [7, 11) is -2.45. The monoisotopic (exact) mass is 408 g/mol. The van der Waals surface area contributed by atoms with E-state index in [4.69, 9.17) is 4.74 Å². The molecule has 0 spiro atoms. The summed E-state index contributed by atoms with van der Waals surface area (Å²) >= 11 is 0. The number of hydrogen-bond acceptors (Lipinski definition) is 4. The molecular formula is C22H20N2O4S. The van der Waals surface area contributed by atoms with Crippen molar-refractivity contribution in [1.29, 1.82) is 0 Å². The molecule has 0 atom stereocenters. The zero-order chi connectivity index (χ0) is 20.6. The number of benzene rings is 3. The molecule has 1 aliphatic rings. The third-order valence-corrected chi connectivity index (χ3v) is 6.54. The topological polar surface area (TPSA) is 66.9 Å². The summed E-state index contributed by atoms with van der Waals surface area (Å²) < 4.78 is 32.7. The Bertz CT molecular complexity index is 1190. The van der Waals surface area contributed by atoms with Gasteiger partial charge in [0.1, 0.15) is 10.6 Å². The van der Waals surface area contributed by atoms with Crippen molar-refractivity contribution in [3.63, 3.8) is 0 Å². The highest BCUT2D eigenvalue weighted by Crippen LogP contribution is 2.38. The van der Waals surface area contributed by atoms with Crippen LogP contribution in [0.2, 0.25) is 0 Å². The van der Waals surface area contributed by atoms with Crippen LogP contribution in [-0.4, -0.2) is 21.6 Å². The normalized spacial score (nSPS) is 15.2. The molecular weight excluding hydrogens is 388 g/mol. The van der Waals surface area contributed by atoms with Crippen LogP contribution in [0.5, 0.6) is 5.75 Å². The smallest absolute Gasteiger partial charge is 0.343 e. The number of aryl methyl sites for hydroxylation is 1. The summed E-state index contributed by atoms with van der Waals surface area (Å²) in [5.41, 5.74) is 2.38. The van der Waals surface area contributed by atoms with Crippen molar-refractivity contribution in [3.05, 3.63) is 83.9 Å². The Hall–Kier alpha value is -3.32. The number of carbonyl (C=O) groups is 1. The van der Waals surface area contributed by atoms with E-state index < -0.39 is 16.1 Å². The largest absolute Gasteiger partial charge is 0.497 e. The lowest BCUT2D eigenvalue weighted by molar-refractivity contribution is 0.253. The van der Waals surface area contributed by atoms with Crippen LogP contribution in [0.25, 0.3) is 0 Å². The molecule has 0 fully saturated rings. The number of ether oxygens (including phenoxy) is 1. The van der Waals surface area contributed by atoms with Crippen molar-refractivity contribution in [2.24, 2.45) is 0 Å². The van der Waals surface area contributed by atoms with Crippen LogP contribution in [-0.2, 0) is 16.6 Å². The first kappa shape index (κ1) is 19.0. The van der Waals surface area contributed by atoms with Gasteiger partial charge >= 0.3 is 6.03 Å². The van der Waals surface area contributed by atoms with Gasteiger partial charge in [0.25, 0.3) is 10.0 Å². The molecule has 0 saturated heterocycles. The molecule has 0 N–H and O–H groups in total. The Balaban J connectivity index is 1.85. The number of anilines is 2. The van der Waals surface area contributed by atoms with Crippen LogP contribution in [0, 0.1) is 6.92 Å². The maximum atomic E-state index is 13.4. The molecule has 4 rings (SSSR count). The van der Waals surface area contributed by atoms with Gasteiger partial charge in [0.15, 0.2) is 0 Å². The van der Waals surface area contributed by atoms with Crippen LogP contribution >= 0.6 is 0 Å². The number of urea groups is 1. The Kier molecular flexibility index (Phi) is 4.76. The molecule has 0 unspecified atom stereocenters. The molecule has 1 aliphatic heterocycles. The van der Waals surface area contributed by atoms with Crippen molar-refractivity contribution in [1.82, 2.24) is 0 Å². The summed E-state index contributed by atoms with van der Waals surface area (Å²) in [6, 6.07) is 20.2. The Morgan fingerprint density at radius 2 is 1.69 bits per heavy atom. The van der Waals surface area contributed by atoms with Gasteiger partial charge in [-0.2, -0.15) is 4.31 Å². The van der Waals surface area contributed by atoms with Crippen LogP contribution in [0.3, 0.4) is 0 Å². The summed E-state index contributed by atoms with van der Waals surface area (Å²) in [6.07, 6.45) is 0. The highest BCUT2D eigenvalue weighted by atomic mass is 32.2. The second-order valence-corrected chi connectivity index (χ2v) is 8.55. The average molecular weight is 408 g/mol. The average Bonchev–Trinajstić information content (AvgIpc) is 2.71. The lowest BCUT2D eigenvalue weighted by atomic mass is 10.2. The number of rotatable bonds is 4. The fourth-order valence-corrected chi connectivity index (χ4v) is 5.01. The minimum atomic E-state index is -4.02. The number of para-hydroxylation sites is 1. The van der Waals surface area contributed by atoms with Crippen LogP contribution in [0.1, 0.15) is 11.1 Å². The molecule has 0 aliphatic carbocycles. The minimum Gasteiger partial charge on any atom is -0.497 e. The SMILES string of the molecule is COc1cccc(CN2C(=O)N(c3cccc(C)c3)S(=O)(=O)c3ccccc32)c1. The van der Waals surface area contributed by atoms with E-state index in [0.717, 1.165) is 15.4 Å². The number of hydrogen-bond donors (Lipinski definition) is 0. The first-order valence-corrected chi connectivity index (χ1v) is 10.5. The number of sulfonamides is 1. The molecule has 0 bridgehead atoms. The van der Waals surface area contributed by atoms with E-state index >= 15 is 0 Å². The van der Waals surface area contributed by atoms with Gasteiger partial charge in [0, 0.05) is 0 Å². The van der Waals surface area contributed by atoms with Gasteiger partial charge in [-0.05, 0) is 54.4 Å². The molecule has 2 amide bonds. The van der Waals surface area contributed by atoms with Crippen molar-refractivity contribution in [3.8, 4) is 5.75 Å². The number of fused-ring (bicyclic) bond motifs is 1. The van der Waals surface area contributed by atoms with Crippen molar-refractivity contribution in [2.75, 3.05) is 16.3 Å². The summed E-state index contributed by atoms with van der Waals surface area (Å²) in [5, 5.41) is 0. The van der Waals surface area contributed by atoms with E-state index in [2.05, 4.69) is 0 Å². The molecule has 1 heterocycles. The third kappa shape index (κ3) is 3.34. The van der Waals surface area contributed by atoms with E-state index in [9.17, 15) is 13.2 Å². The Labute approximate surface area is 170 Å². The lowest BCUT2D eigenvalue weighted by Crippen LogP contribution is -2.50. The zero-order valence-electron chi connectivity index (χ0n) is 16.1. The fraction of sp³-hybridized carbons (Fsp3) is 0.136. The first-order chi connectivity index (χ1) is 13.9. The highest BCUT2D eigenvalue weighted by Gasteiger charge is 2.42. The van der Waals surface area contributed by atoms with E-state index in [1.807, 2.05) is 37.3 Å². The van der Waals surface area contributed by atoms with Gasteiger partial charge in [0.2, 0.25) is 0 Å². The van der Waals surface area contributed by atoms with Gasteiger partial charge in [-0.25, -0.2) is 13.2 Å². The first-order valence-electron chi connectivity index (χ1n) is 9.07. The molecule has 148 valence electrons. The van der Waals surface area contributed by atoms with Gasteiger partial charge in [-0.15, -0.1) is 0 Å². The predicted octanol–water partition coefficient (Wildman–Crippen LogP) is 4.34. The molecule has 3 aromatic rings. The lowest BCUT2D eigenvalue weighted by Gasteiger charge is -2.36. The van der Waals surface area contributed by atoms with Crippen molar-refractivity contribution in [2.45, 2.75) is 18.4 Å². The molecule has 7 heteroatoms. The van der Waals surface area contributed by atoms with Gasteiger partial charge in [-0.3, -0.25) is 4.90 Å². The molecule has 0 aromatic heterocycles. The summed E-state index contributed by atoms with van der Waals surface area (Å²) in [6.45, 7) is 2.07. The standard InChI is InChI=1S/C22H20N2O4S/c1-16-7-5-9-18(13-16)24-22(25)23(15-17-8-6-10-19(14-17)28-2)20-11-3-4-12-21(20)29(24,26)27/h3-14H,15H2,1-2H3. The second kappa shape index (κ2) is 7.25. The van der Waals surface area contributed by atoms with Crippen LogP contribution in [0.15, 0.2) is 77.7 Å². The number of nitrogens with zero attached hydrogens (tertiary/aromatic N) is 2. The maximum Gasteiger partial charge on any atom is 0.343 e. The second-order valence-electron chi connectivity index (χ2n) is 6.80. The molecule has 29 heavy (non-hydrogen) atoms. The van der Waals surface area contributed by atoms with E-state index in [1.54, 1.807) is 43.5 Å². The maximum absolute atomic E-state index is 13.4. The van der Waals surface area contributed by atoms with E-state index in [0.29, 0.717) is 17.1 Å². The number of methoxy groups -OCH3 is 1. The zero-order valence-corrected chi connectivity index (χ0v) is 16.9. The van der Waals surface area contributed by atoms with Gasteiger partial charge in [0.05, 0.1) is 25.0 Å². The Morgan fingerprint density at radius 3 is 2.45 bits per heavy atom. The quantitative estimate of drug-likeness (QED) is 0.644. The van der Waals surface area contributed by atoms with Gasteiger partial charge in [-0.1, -0.05) is 36.4 Å². The van der Waals surface area contributed by atoms with E-state index in [-0.39, 0.29) is 11.4 Å². The molecule has 0 saturated carbocycles. The third-order valence-electron chi connectivity index (χ3n) is 4.79. The minimum absolute atomic E-state index is 0.101. The van der Waals surface area contributed by atoms with Crippen molar-refractivity contribution < 1.29 is 17.9 Å². The van der Waals surface area contributed by atoms with Crippen LogP contribution < -0.4 is 13.9 Å². The summed E-state index contributed by atoms with van der Waals surface area (Å²) in [5.74, 6) is 0.670. The summed E-state index contributed by atoms with van der Waals surface area (Å²) in [4.78, 5) is 15.0. The molecule has 0 radical (unpaired) electrons. The number of amides is 2. The Morgan fingerprint density at radius 1 is 0.931 bits per heavy atom. The van der Waals surface area contributed by atoms with Gasteiger partial charge < -0.3 is 4.74 Å². The molecule has 6 nitrogen and oxygen atoms in total.